The number of aryl methyl sites for hydroxylation is 1. The molecule has 3 rings (SSSR count). The molecule has 1 aliphatic heterocycles. The highest BCUT2D eigenvalue weighted by molar-refractivity contribution is 5.77. The molecule has 2 N–H and O–H groups in total. The smallest absolute Gasteiger partial charge is 0.185 e. The number of aliphatic hydroxyl groups is 1. The van der Waals surface area contributed by atoms with E-state index in [1.54, 1.807) is 12.1 Å². The van der Waals surface area contributed by atoms with Crippen LogP contribution in [0.25, 0.3) is 22.6 Å². The highest BCUT2D eigenvalue weighted by Crippen LogP contribution is 2.26. The van der Waals surface area contributed by atoms with Gasteiger partial charge in [0.15, 0.2) is 16.8 Å². The molecule has 0 atom stereocenters. The molecule has 0 spiro atoms. The Kier molecular flexibility index (Phi) is 3.12. The number of aromatic nitrogens is 1. The van der Waals surface area contributed by atoms with Crippen molar-refractivity contribution in [2.24, 2.45) is 0 Å². The quantitative estimate of drug-likeness (QED) is 0.711. The van der Waals surface area contributed by atoms with Gasteiger partial charge < -0.3 is 14.6 Å². The zero-order chi connectivity index (χ0) is 14.1. The van der Waals surface area contributed by atoms with Gasteiger partial charge in [-0.05, 0) is 31.0 Å². The minimum Gasteiger partial charge on any atom is -0.508 e. The molecule has 20 heavy (non-hydrogen) atoms. The predicted molar refractivity (Wildman–Crippen MR) is 74.0 cm³/mol. The van der Waals surface area contributed by atoms with Crippen molar-refractivity contribution in [3.8, 4) is 17.2 Å². The van der Waals surface area contributed by atoms with Crippen LogP contribution in [-0.4, -0.2) is 21.8 Å². The third-order valence-electron chi connectivity index (χ3n) is 3.15. The van der Waals surface area contributed by atoms with Crippen molar-refractivity contribution in [3.05, 3.63) is 46.1 Å². The average Bonchev–Trinajstić information content (AvgIpc) is 2.43. The molecule has 0 saturated heterocycles. The van der Waals surface area contributed by atoms with Crippen molar-refractivity contribution in [2.45, 2.75) is 12.8 Å². The summed E-state index contributed by atoms with van der Waals surface area (Å²) in [5, 5.41) is 18.3. The zero-order valence-electron chi connectivity index (χ0n) is 10.7. The molecule has 1 aromatic carbocycles. The van der Waals surface area contributed by atoms with Crippen LogP contribution in [0.3, 0.4) is 0 Å². The molecule has 0 unspecified atom stereocenters. The first-order valence-corrected chi connectivity index (χ1v) is 6.35. The van der Waals surface area contributed by atoms with Crippen molar-refractivity contribution in [3.63, 3.8) is 0 Å². The topological polar surface area (TPSA) is 83.6 Å². The normalized spacial score (nSPS) is 11.2. The summed E-state index contributed by atoms with van der Waals surface area (Å²) in [7, 11) is 0. The zero-order valence-corrected chi connectivity index (χ0v) is 10.7. The molecule has 0 bridgehead atoms. The molecule has 2 aliphatic rings. The van der Waals surface area contributed by atoms with E-state index < -0.39 is 0 Å². The SMILES string of the molecule is O=c1cc2oc3cc(O)ccc3nc-2cc1CCCO. The Morgan fingerprint density at radius 1 is 1.20 bits per heavy atom. The first-order chi connectivity index (χ1) is 9.67. The van der Waals surface area contributed by atoms with Gasteiger partial charge >= 0.3 is 0 Å². The number of hydrogen-bond acceptors (Lipinski definition) is 5. The van der Waals surface area contributed by atoms with E-state index in [0.29, 0.717) is 41.0 Å². The van der Waals surface area contributed by atoms with E-state index >= 15 is 0 Å². The lowest BCUT2D eigenvalue weighted by atomic mass is 10.1. The van der Waals surface area contributed by atoms with Crippen molar-refractivity contribution in [1.82, 2.24) is 4.98 Å². The molecule has 5 heteroatoms. The molecule has 1 aliphatic carbocycles. The number of phenolic OH excluding ortho intramolecular Hbond substituents is 1. The second-order valence-electron chi connectivity index (χ2n) is 4.62. The fourth-order valence-electron chi connectivity index (χ4n) is 2.15. The van der Waals surface area contributed by atoms with Gasteiger partial charge in [-0.3, -0.25) is 4.79 Å². The number of aliphatic hydroxyl groups excluding tert-OH is 1. The maximum absolute atomic E-state index is 11.9. The number of nitrogens with zero attached hydrogens (tertiary/aromatic N) is 1. The van der Waals surface area contributed by atoms with E-state index in [2.05, 4.69) is 4.98 Å². The lowest BCUT2D eigenvalue weighted by Crippen LogP contribution is -2.10. The van der Waals surface area contributed by atoms with Crippen molar-refractivity contribution >= 4 is 11.1 Å². The van der Waals surface area contributed by atoms with Crippen molar-refractivity contribution < 1.29 is 14.6 Å². The molecular formula is C15H13NO4. The van der Waals surface area contributed by atoms with Gasteiger partial charge in [0.25, 0.3) is 0 Å². The summed E-state index contributed by atoms with van der Waals surface area (Å²) in [6, 6.07) is 7.75. The van der Waals surface area contributed by atoms with E-state index in [9.17, 15) is 9.90 Å². The average molecular weight is 271 g/mol. The largest absolute Gasteiger partial charge is 0.508 e. The van der Waals surface area contributed by atoms with Gasteiger partial charge in [-0.15, -0.1) is 0 Å². The van der Waals surface area contributed by atoms with E-state index in [-0.39, 0.29) is 17.8 Å². The van der Waals surface area contributed by atoms with E-state index in [1.807, 2.05) is 0 Å². The third kappa shape index (κ3) is 2.23. The van der Waals surface area contributed by atoms with E-state index in [4.69, 9.17) is 9.52 Å². The summed E-state index contributed by atoms with van der Waals surface area (Å²) in [5.41, 5.74) is 2.13. The van der Waals surface area contributed by atoms with E-state index in [0.717, 1.165) is 0 Å². The Hall–Kier alpha value is -2.40. The predicted octanol–water partition coefficient (Wildman–Crippen LogP) is 1.92. The number of benzene rings is 2. The van der Waals surface area contributed by atoms with Crippen LogP contribution in [0.4, 0.5) is 0 Å². The minimum absolute atomic E-state index is 0.0479. The number of aromatic hydroxyl groups is 1. The van der Waals surface area contributed by atoms with Crippen LogP contribution in [0.1, 0.15) is 12.0 Å². The highest BCUT2D eigenvalue weighted by Gasteiger charge is 2.13. The maximum atomic E-state index is 11.9. The van der Waals surface area contributed by atoms with Crippen LogP contribution in [0.5, 0.6) is 5.75 Å². The lowest BCUT2D eigenvalue weighted by molar-refractivity contribution is 0.288. The Balaban J connectivity index is 2.19. The fourth-order valence-corrected chi connectivity index (χ4v) is 2.15. The van der Waals surface area contributed by atoms with Crippen LogP contribution >= 0.6 is 0 Å². The van der Waals surface area contributed by atoms with Gasteiger partial charge in [0, 0.05) is 24.3 Å². The standard InChI is InChI=1S/C15H13NO4/c17-5-1-2-9-6-12-15(8-13(9)19)20-14-7-10(18)3-4-11(14)16-12/h3-4,6-8,17-18H,1-2,5H2. The van der Waals surface area contributed by atoms with Crippen LogP contribution in [0, 0.1) is 0 Å². The molecule has 0 amide bonds. The molecule has 0 saturated carbocycles. The van der Waals surface area contributed by atoms with E-state index in [1.165, 1.54) is 18.2 Å². The summed E-state index contributed by atoms with van der Waals surface area (Å²) < 4.78 is 5.60. The maximum Gasteiger partial charge on any atom is 0.185 e. The van der Waals surface area contributed by atoms with Crippen LogP contribution in [0.15, 0.2) is 39.5 Å². The molecule has 1 heterocycles. The van der Waals surface area contributed by atoms with Gasteiger partial charge in [0.2, 0.25) is 0 Å². The van der Waals surface area contributed by atoms with Gasteiger partial charge in [-0.2, -0.15) is 0 Å². The Labute approximate surface area is 114 Å². The number of phenols is 1. The first-order valence-electron chi connectivity index (χ1n) is 6.35. The Morgan fingerprint density at radius 3 is 2.85 bits per heavy atom. The fraction of sp³-hybridized carbons (Fsp3) is 0.200. The molecule has 0 fully saturated rings. The number of rotatable bonds is 3. The molecule has 0 radical (unpaired) electrons. The second-order valence-corrected chi connectivity index (χ2v) is 4.62. The van der Waals surface area contributed by atoms with Crippen molar-refractivity contribution in [2.75, 3.05) is 6.61 Å². The Bertz CT molecular complexity index is 794. The summed E-state index contributed by atoms with van der Waals surface area (Å²) in [6.07, 6.45) is 1.06. The number of hydrogen-bond donors (Lipinski definition) is 2. The van der Waals surface area contributed by atoms with Crippen LogP contribution < -0.4 is 5.43 Å². The molecular weight excluding hydrogens is 258 g/mol. The summed E-state index contributed by atoms with van der Waals surface area (Å²) >= 11 is 0. The monoisotopic (exact) mass is 271 g/mol. The lowest BCUT2D eigenvalue weighted by Gasteiger charge is -2.08. The molecule has 102 valence electrons. The van der Waals surface area contributed by atoms with Gasteiger partial charge in [-0.25, -0.2) is 4.98 Å². The first kappa shape index (κ1) is 12.6. The number of fused-ring (bicyclic) bond motifs is 2. The minimum atomic E-state index is -0.129. The Morgan fingerprint density at radius 2 is 2.05 bits per heavy atom. The third-order valence-corrected chi connectivity index (χ3v) is 3.15. The molecule has 5 nitrogen and oxygen atoms in total. The van der Waals surface area contributed by atoms with Crippen LogP contribution in [-0.2, 0) is 6.42 Å². The molecule has 1 aromatic rings. The van der Waals surface area contributed by atoms with Gasteiger partial charge in [-0.1, -0.05) is 0 Å². The molecule has 0 aromatic heterocycles. The van der Waals surface area contributed by atoms with Gasteiger partial charge in [0.05, 0.1) is 0 Å². The van der Waals surface area contributed by atoms with Crippen molar-refractivity contribution in [1.29, 1.82) is 0 Å². The second kappa shape index (κ2) is 4.94. The van der Waals surface area contributed by atoms with Gasteiger partial charge in [0.1, 0.15) is 17.0 Å². The summed E-state index contributed by atoms with van der Waals surface area (Å²) in [6.45, 7) is 0.0479. The summed E-state index contributed by atoms with van der Waals surface area (Å²) in [4.78, 5) is 16.3. The van der Waals surface area contributed by atoms with Crippen LogP contribution in [0.2, 0.25) is 0 Å². The summed E-state index contributed by atoms with van der Waals surface area (Å²) in [5.74, 6) is 0.477. The highest BCUT2D eigenvalue weighted by atomic mass is 16.3.